The number of hydrogen-bond donors (Lipinski definition) is 1. The minimum atomic E-state index is -0.113. The summed E-state index contributed by atoms with van der Waals surface area (Å²) in [6, 6.07) is 3.95. The molecule has 1 N–H and O–H groups in total. The van der Waals surface area contributed by atoms with Crippen molar-refractivity contribution in [1.82, 2.24) is 10.3 Å². The van der Waals surface area contributed by atoms with Gasteiger partial charge in [-0.15, -0.1) is 11.3 Å². The SMILES string of the molecule is CC(C)NC(=O)c1cc2ccsc2cn1. The van der Waals surface area contributed by atoms with Gasteiger partial charge in [0.15, 0.2) is 0 Å². The van der Waals surface area contributed by atoms with Gasteiger partial charge in [0.1, 0.15) is 5.69 Å². The van der Waals surface area contributed by atoms with Crippen LogP contribution in [0.2, 0.25) is 0 Å². The van der Waals surface area contributed by atoms with Crippen molar-refractivity contribution < 1.29 is 4.79 Å². The Morgan fingerprint density at radius 3 is 3.07 bits per heavy atom. The molecule has 3 nitrogen and oxygen atoms in total. The summed E-state index contributed by atoms with van der Waals surface area (Å²) >= 11 is 1.63. The molecule has 0 aliphatic rings. The van der Waals surface area contributed by atoms with Crippen LogP contribution in [0.3, 0.4) is 0 Å². The molecule has 0 radical (unpaired) electrons. The number of rotatable bonds is 2. The van der Waals surface area contributed by atoms with Gasteiger partial charge in [-0.1, -0.05) is 0 Å². The highest BCUT2D eigenvalue weighted by Gasteiger charge is 2.09. The number of thiophene rings is 1. The lowest BCUT2D eigenvalue weighted by Gasteiger charge is -2.07. The summed E-state index contributed by atoms with van der Waals surface area (Å²) in [6.07, 6.45) is 1.75. The number of aromatic nitrogens is 1. The van der Waals surface area contributed by atoms with E-state index in [1.54, 1.807) is 17.5 Å². The number of amides is 1. The number of carbonyl (C=O) groups is 1. The van der Waals surface area contributed by atoms with E-state index < -0.39 is 0 Å². The number of fused-ring (bicyclic) bond motifs is 1. The molecule has 1 amide bonds. The van der Waals surface area contributed by atoms with E-state index in [1.807, 2.05) is 31.4 Å². The Balaban J connectivity index is 2.31. The Kier molecular flexibility index (Phi) is 2.68. The zero-order valence-corrected chi connectivity index (χ0v) is 9.47. The smallest absolute Gasteiger partial charge is 0.270 e. The molecule has 0 spiro atoms. The molecule has 0 unspecified atom stereocenters. The number of nitrogens with one attached hydrogen (secondary N) is 1. The molecule has 0 aliphatic heterocycles. The number of carbonyl (C=O) groups excluding carboxylic acids is 1. The van der Waals surface area contributed by atoms with Crippen molar-refractivity contribution in [2.45, 2.75) is 19.9 Å². The summed E-state index contributed by atoms with van der Waals surface area (Å²) in [4.78, 5) is 15.8. The molecule has 4 heteroatoms. The fraction of sp³-hybridized carbons (Fsp3) is 0.273. The van der Waals surface area contributed by atoms with E-state index in [0.717, 1.165) is 10.1 Å². The molecular weight excluding hydrogens is 208 g/mol. The molecule has 0 atom stereocenters. The zero-order valence-electron chi connectivity index (χ0n) is 8.65. The highest BCUT2D eigenvalue weighted by atomic mass is 32.1. The minimum Gasteiger partial charge on any atom is -0.349 e. The van der Waals surface area contributed by atoms with E-state index in [9.17, 15) is 4.79 Å². The van der Waals surface area contributed by atoms with Crippen LogP contribution >= 0.6 is 11.3 Å². The van der Waals surface area contributed by atoms with E-state index in [2.05, 4.69) is 10.3 Å². The van der Waals surface area contributed by atoms with Crippen LogP contribution in [0.25, 0.3) is 10.1 Å². The molecule has 0 bridgehead atoms. The second kappa shape index (κ2) is 3.98. The fourth-order valence-corrected chi connectivity index (χ4v) is 2.07. The summed E-state index contributed by atoms with van der Waals surface area (Å²) in [5.74, 6) is -0.113. The molecule has 0 aromatic carbocycles. The van der Waals surface area contributed by atoms with E-state index >= 15 is 0 Å². The predicted octanol–water partition coefficient (Wildman–Crippen LogP) is 2.43. The molecule has 78 valence electrons. The maximum atomic E-state index is 11.7. The van der Waals surface area contributed by atoms with Gasteiger partial charge in [-0.2, -0.15) is 0 Å². The summed E-state index contributed by atoms with van der Waals surface area (Å²) in [5.41, 5.74) is 0.481. The molecule has 0 aliphatic carbocycles. The fourth-order valence-electron chi connectivity index (χ4n) is 1.33. The number of nitrogens with zero attached hydrogens (tertiary/aromatic N) is 1. The third-order valence-corrected chi connectivity index (χ3v) is 2.86. The molecule has 2 aromatic heterocycles. The first-order chi connectivity index (χ1) is 7.16. The van der Waals surface area contributed by atoms with Crippen molar-refractivity contribution in [3.05, 3.63) is 29.4 Å². The number of hydrogen-bond acceptors (Lipinski definition) is 3. The zero-order chi connectivity index (χ0) is 10.8. The van der Waals surface area contributed by atoms with Crippen LogP contribution in [0.15, 0.2) is 23.7 Å². The van der Waals surface area contributed by atoms with Crippen molar-refractivity contribution in [3.8, 4) is 0 Å². The molecule has 2 rings (SSSR count). The van der Waals surface area contributed by atoms with Crippen LogP contribution in [-0.2, 0) is 0 Å². The van der Waals surface area contributed by atoms with Gasteiger partial charge in [-0.05, 0) is 36.7 Å². The standard InChI is InChI=1S/C11H12N2OS/c1-7(2)13-11(14)9-5-8-3-4-15-10(8)6-12-9/h3-7H,1-2H3,(H,13,14). The van der Waals surface area contributed by atoms with Crippen LogP contribution in [0.1, 0.15) is 24.3 Å². The van der Waals surface area contributed by atoms with Crippen molar-refractivity contribution >= 4 is 27.3 Å². The van der Waals surface area contributed by atoms with Gasteiger partial charge in [-0.25, -0.2) is 4.98 Å². The van der Waals surface area contributed by atoms with Gasteiger partial charge in [0.05, 0.1) is 4.70 Å². The van der Waals surface area contributed by atoms with E-state index in [4.69, 9.17) is 0 Å². The Hall–Kier alpha value is -1.42. The van der Waals surface area contributed by atoms with Gasteiger partial charge in [0.25, 0.3) is 5.91 Å². The van der Waals surface area contributed by atoms with Crippen LogP contribution in [0, 0.1) is 0 Å². The van der Waals surface area contributed by atoms with Gasteiger partial charge < -0.3 is 5.32 Å². The third kappa shape index (κ3) is 2.15. The van der Waals surface area contributed by atoms with Crippen molar-refractivity contribution in [2.24, 2.45) is 0 Å². The molecule has 0 saturated heterocycles. The quantitative estimate of drug-likeness (QED) is 0.844. The Morgan fingerprint density at radius 1 is 1.53 bits per heavy atom. The summed E-state index contributed by atoms with van der Waals surface area (Å²) in [5, 5.41) is 5.89. The normalized spacial score (nSPS) is 10.9. The van der Waals surface area contributed by atoms with Gasteiger partial charge in [0, 0.05) is 12.2 Å². The third-order valence-electron chi connectivity index (χ3n) is 1.99. The number of pyridine rings is 1. The van der Waals surface area contributed by atoms with E-state index in [1.165, 1.54) is 0 Å². The molecule has 0 fully saturated rings. The van der Waals surface area contributed by atoms with E-state index in [-0.39, 0.29) is 11.9 Å². The lowest BCUT2D eigenvalue weighted by Crippen LogP contribution is -2.30. The van der Waals surface area contributed by atoms with Crippen molar-refractivity contribution in [1.29, 1.82) is 0 Å². The minimum absolute atomic E-state index is 0.113. The highest BCUT2D eigenvalue weighted by Crippen LogP contribution is 2.19. The first kappa shape index (κ1) is 10.1. The van der Waals surface area contributed by atoms with Gasteiger partial charge in [-0.3, -0.25) is 4.79 Å². The van der Waals surface area contributed by atoms with Crippen LogP contribution in [0.4, 0.5) is 0 Å². The van der Waals surface area contributed by atoms with Crippen molar-refractivity contribution in [3.63, 3.8) is 0 Å². The second-order valence-electron chi connectivity index (χ2n) is 3.66. The predicted molar refractivity (Wildman–Crippen MR) is 62.2 cm³/mol. The maximum absolute atomic E-state index is 11.7. The average Bonchev–Trinajstić information content (AvgIpc) is 2.62. The van der Waals surface area contributed by atoms with Gasteiger partial charge >= 0.3 is 0 Å². The highest BCUT2D eigenvalue weighted by molar-refractivity contribution is 7.17. The average molecular weight is 220 g/mol. The Morgan fingerprint density at radius 2 is 2.33 bits per heavy atom. The van der Waals surface area contributed by atoms with Crippen LogP contribution in [0.5, 0.6) is 0 Å². The monoisotopic (exact) mass is 220 g/mol. The molecule has 15 heavy (non-hydrogen) atoms. The Labute approximate surface area is 92.1 Å². The van der Waals surface area contributed by atoms with Crippen LogP contribution in [-0.4, -0.2) is 16.9 Å². The first-order valence-electron chi connectivity index (χ1n) is 4.81. The van der Waals surface area contributed by atoms with Crippen LogP contribution < -0.4 is 5.32 Å². The van der Waals surface area contributed by atoms with Gasteiger partial charge in [0.2, 0.25) is 0 Å². The first-order valence-corrected chi connectivity index (χ1v) is 5.69. The Bertz CT molecular complexity index is 490. The molecular formula is C11H12N2OS. The lowest BCUT2D eigenvalue weighted by molar-refractivity contribution is 0.0938. The molecule has 0 saturated carbocycles. The summed E-state index contributed by atoms with van der Waals surface area (Å²) in [7, 11) is 0. The molecule has 2 aromatic rings. The maximum Gasteiger partial charge on any atom is 0.270 e. The molecule has 2 heterocycles. The topological polar surface area (TPSA) is 42.0 Å². The largest absolute Gasteiger partial charge is 0.349 e. The second-order valence-corrected chi connectivity index (χ2v) is 4.60. The summed E-state index contributed by atoms with van der Waals surface area (Å²) < 4.78 is 1.11. The van der Waals surface area contributed by atoms with Crippen molar-refractivity contribution in [2.75, 3.05) is 0 Å². The summed E-state index contributed by atoms with van der Waals surface area (Å²) in [6.45, 7) is 3.86. The van der Waals surface area contributed by atoms with E-state index in [0.29, 0.717) is 5.69 Å². The lowest BCUT2D eigenvalue weighted by atomic mass is 10.2.